The Morgan fingerprint density at radius 2 is 2.24 bits per heavy atom. The van der Waals surface area contributed by atoms with Gasteiger partial charge in [-0.05, 0) is 19.9 Å². The van der Waals surface area contributed by atoms with E-state index in [-0.39, 0.29) is 18.0 Å². The molecular weight excluding hydrogens is 218 g/mol. The fraction of sp³-hybridized carbons (Fsp3) is 0.417. The highest BCUT2D eigenvalue weighted by Gasteiger charge is 2.18. The predicted octanol–water partition coefficient (Wildman–Crippen LogP) is 0.665. The van der Waals surface area contributed by atoms with Crippen molar-refractivity contribution in [3.8, 4) is 6.07 Å². The van der Waals surface area contributed by atoms with Crippen LogP contribution in [-0.2, 0) is 7.05 Å². The van der Waals surface area contributed by atoms with E-state index in [9.17, 15) is 9.59 Å². The van der Waals surface area contributed by atoms with E-state index in [2.05, 4.69) is 11.4 Å². The minimum Gasteiger partial charge on any atom is -0.350 e. The molecule has 0 saturated heterocycles. The normalized spacial score (nSPS) is 10.7. The lowest BCUT2D eigenvalue weighted by Gasteiger charge is -2.15. The number of pyridine rings is 1. The standard InChI is InChI=1S/C12H15N3O2/c1-12(2,7-13)8-14-11(17)9-4-5-15(3)10(16)6-9/h4-6H,8H2,1-3H3,(H,14,17). The summed E-state index contributed by atoms with van der Waals surface area (Å²) in [7, 11) is 1.61. The third-order valence-electron chi connectivity index (χ3n) is 2.36. The summed E-state index contributed by atoms with van der Waals surface area (Å²) in [5.41, 5.74) is -0.547. The summed E-state index contributed by atoms with van der Waals surface area (Å²) in [5, 5.41) is 11.4. The Morgan fingerprint density at radius 1 is 1.59 bits per heavy atom. The van der Waals surface area contributed by atoms with Crippen molar-refractivity contribution in [2.45, 2.75) is 13.8 Å². The number of nitrogens with zero attached hydrogens (tertiary/aromatic N) is 2. The maximum absolute atomic E-state index is 11.7. The van der Waals surface area contributed by atoms with Crippen molar-refractivity contribution < 1.29 is 4.79 Å². The van der Waals surface area contributed by atoms with E-state index in [1.165, 1.54) is 16.8 Å². The molecule has 0 radical (unpaired) electrons. The van der Waals surface area contributed by atoms with Crippen molar-refractivity contribution in [2.75, 3.05) is 6.54 Å². The van der Waals surface area contributed by atoms with Gasteiger partial charge in [-0.15, -0.1) is 0 Å². The first-order valence-corrected chi connectivity index (χ1v) is 5.22. The van der Waals surface area contributed by atoms with Gasteiger partial charge in [0.25, 0.3) is 11.5 Å². The Hall–Kier alpha value is -2.09. The van der Waals surface area contributed by atoms with Crippen LogP contribution in [-0.4, -0.2) is 17.0 Å². The SMILES string of the molecule is Cn1ccc(C(=O)NCC(C)(C)C#N)cc1=O. The van der Waals surface area contributed by atoms with E-state index in [1.54, 1.807) is 27.0 Å². The lowest BCUT2D eigenvalue weighted by atomic mass is 9.96. The number of amides is 1. The van der Waals surface area contributed by atoms with Gasteiger partial charge in [0.05, 0.1) is 11.5 Å². The minimum absolute atomic E-state index is 0.239. The first kappa shape index (κ1) is 13.0. The fourth-order valence-electron chi connectivity index (χ4n) is 1.13. The monoisotopic (exact) mass is 233 g/mol. The van der Waals surface area contributed by atoms with Gasteiger partial charge in [-0.2, -0.15) is 5.26 Å². The molecule has 0 unspecified atom stereocenters. The van der Waals surface area contributed by atoms with Gasteiger partial charge in [-0.1, -0.05) is 0 Å². The number of rotatable bonds is 3. The van der Waals surface area contributed by atoms with Crippen LogP contribution in [0, 0.1) is 16.7 Å². The van der Waals surface area contributed by atoms with Gasteiger partial charge in [-0.25, -0.2) is 0 Å². The van der Waals surface area contributed by atoms with Gasteiger partial charge in [0.15, 0.2) is 0 Å². The van der Waals surface area contributed by atoms with Crippen molar-refractivity contribution in [1.29, 1.82) is 5.26 Å². The molecule has 1 amide bonds. The van der Waals surface area contributed by atoms with Gasteiger partial charge in [0.2, 0.25) is 0 Å². The lowest BCUT2D eigenvalue weighted by Crippen LogP contribution is -2.33. The van der Waals surface area contributed by atoms with Crippen LogP contribution in [0.2, 0.25) is 0 Å². The zero-order valence-corrected chi connectivity index (χ0v) is 10.2. The Kier molecular flexibility index (Phi) is 3.69. The van der Waals surface area contributed by atoms with Crippen LogP contribution in [0.5, 0.6) is 0 Å². The smallest absolute Gasteiger partial charge is 0.251 e. The Bertz CT molecular complexity index is 523. The van der Waals surface area contributed by atoms with Gasteiger partial charge in [0, 0.05) is 31.4 Å². The zero-order valence-electron chi connectivity index (χ0n) is 10.2. The second kappa shape index (κ2) is 4.83. The Balaban J connectivity index is 2.75. The molecule has 0 aromatic carbocycles. The summed E-state index contributed by atoms with van der Waals surface area (Å²) in [6, 6.07) is 4.93. The maximum Gasteiger partial charge on any atom is 0.251 e. The molecule has 5 nitrogen and oxygen atoms in total. The molecule has 0 spiro atoms. The molecule has 0 fully saturated rings. The van der Waals surface area contributed by atoms with Crippen LogP contribution < -0.4 is 10.9 Å². The molecule has 0 aliphatic carbocycles. The molecule has 5 heteroatoms. The average molecular weight is 233 g/mol. The first-order valence-electron chi connectivity index (χ1n) is 5.22. The molecule has 1 aromatic rings. The van der Waals surface area contributed by atoms with Crippen LogP contribution in [0.25, 0.3) is 0 Å². The summed E-state index contributed by atoms with van der Waals surface area (Å²) < 4.78 is 1.38. The van der Waals surface area contributed by atoms with Gasteiger partial charge in [-0.3, -0.25) is 9.59 Å². The van der Waals surface area contributed by atoms with Crippen LogP contribution >= 0.6 is 0 Å². The number of carbonyl (C=O) groups excluding carboxylic acids is 1. The molecule has 0 atom stereocenters. The molecule has 1 N–H and O–H groups in total. The van der Waals surface area contributed by atoms with Crippen LogP contribution in [0.1, 0.15) is 24.2 Å². The number of nitrogens with one attached hydrogen (secondary N) is 1. The predicted molar refractivity (Wildman–Crippen MR) is 63.4 cm³/mol. The van der Waals surface area contributed by atoms with Crippen molar-refractivity contribution in [2.24, 2.45) is 12.5 Å². The van der Waals surface area contributed by atoms with Crippen LogP contribution in [0.4, 0.5) is 0 Å². The largest absolute Gasteiger partial charge is 0.350 e. The van der Waals surface area contributed by atoms with Crippen molar-refractivity contribution in [3.05, 3.63) is 34.2 Å². The second-order valence-electron chi connectivity index (χ2n) is 4.54. The number of carbonyl (C=O) groups is 1. The third kappa shape index (κ3) is 3.45. The summed E-state index contributed by atoms with van der Waals surface area (Å²) in [5.74, 6) is -0.342. The van der Waals surface area contributed by atoms with Gasteiger partial charge >= 0.3 is 0 Å². The van der Waals surface area contributed by atoms with E-state index >= 15 is 0 Å². The highest BCUT2D eigenvalue weighted by Crippen LogP contribution is 2.10. The average Bonchev–Trinajstić information content (AvgIpc) is 2.30. The molecule has 17 heavy (non-hydrogen) atoms. The van der Waals surface area contributed by atoms with E-state index in [1.807, 2.05) is 0 Å². The number of aromatic nitrogens is 1. The molecule has 0 bridgehead atoms. The molecule has 90 valence electrons. The Morgan fingerprint density at radius 3 is 2.76 bits per heavy atom. The molecule has 0 aliphatic heterocycles. The molecule has 1 heterocycles. The van der Waals surface area contributed by atoms with E-state index in [0.29, 0.717) is 5.56 Å². The molecule has 1 rings (SSSR count). The summed E-state index contributed by atoms with van der Waals surface area (Å²) in [4.78, 5) is 23.0. The zero-order chi connectivity index (χ0) is 13.1. The highest BCUT2D eigenvalue weighted by atomic mass is 16.2. The molecule has 1 aromatic heterocycles. The minimum atomic E-state index is -0.616. The van der Waals surface area contributed by atoms with E-state index in [0.717, 1.165) is 0 Å². The quantitative estimate of drug-likeness (QED) is 0.833. The molecule has 0 saturated carbocycles. The summed E-state index contributed by atoms with van der Waals surface area (Å²) in [6.07, 6.45) is 1.53. The van der Waals surface area contributed by atoms with E-state index in [4.69, 9.17) is 5.26 Å². The van der Waals surface area contributed by atoms with Crippen LogP contribution in [0.3, 0.4) is 0 Å². The van der Waals surface area contributed by atoms with Gasteiger partial charge in [0.1, 0.15) is 0 Å². The molecule has 0 aliphatic rings. The number of aryl methyl sites for hydroxylation is 1. The second-order valence-corrected chi connectivity index (χ2v) is 4.54. The summed E-state index contributed by atoms with van der Waals surface area (Å²) >= 11 is 0. The number of hydrogen-bond acceptors (Lipinski definition) is 3. The lowest BCUT2D eigenvalue weighted by molar-refractivity contribution is 0.0943. The highest BCUT2D eigenvalue weighted by molar-refractivity contribution is 5.94. The molecular formula is C12H15N3O2. The topological polar surface area (TPSA) is 74.9 Å². The van der Waals surface area contributed by atoms with E-state index < -0.39 is 5.41 Å². The van der Waals surface area contributed by atoms with Crippen molar-refractivity contribution in [3.63, 3.8) is 0 Å². The van der Waals surface area contributed by atoms with Crippen molar-refractivity contribution >= 4 is 5.91 Å². The van der Waals surface area contributed by atoms with Gasteiger partial charge < -0.3 is 9.88 Å². The Labute approximate surface area is 99.7 Å². The third-order valence-corrected chi connectivity index (χ3v) is 2.36. The fourth-order valence-corrected chi connectivity index (χ4v) is 1.13. The number of nitriles is 1. The first-order chi connectivity index (χ1) is 7.85. The summed E-state index contributed by atoms with van der Waals surface area (Å²) in [6.45, 7) is 3.71. The van der Waals surface area contributed by atoms with Crippen LogP contribution in [0.15, 0.2) is 23.1 Å². The van der Waals surface area contributed by atoms with Crippen molar-refractivity contribution in [1.82, 2.24) is 9.88 Å². The number of hydrogen-bond donors (Lipinski definition) is 1. The maximum atomic E-state index is 11.7.